The fourth-order valence-electron chi connectivity index (χ4n) is 2.28. The Kier molecular flexibility index (Phi) is 5.58. The van der Waals surface area contributed by atoms with E-state index in [4.69, 9.17) is 23.2 Å². The molecule has 0 aliphatic carbocycles. The highest BCUT2D eigenvalue weighted by Gasteiger charge is 2.06. The molecule has 0 saturated heterocycles. The lowest BCUT2D eigenvalue weighted by molar-refractivity contribution is 0.252. The Balaban J connectivity index is 1.49. The predicted molar refractivity (Wildman–Crippen MR) is 101 cm³/mol. The zero-order valence-corrected chi connectivity index (χ0v) is 14.8. The molecule has 3 rings (SSSR count). The van der Waals surface area contributed by atoms with E-state index >= 15 is 0 Å². The highest BCUT2D eigenvalue weighted by Crippen LogP contribution is 2.25. The molecule has 128 valence electrons. The molecule has 0 bridgehead atoms. The van der Waals surface area contributed by atoms with Crippen LogP contribution in [0.1, 0.15) is 5.69 Å². The third-order valence-corrected chi connectivity index (χ3v) is 4.06. The average molecular weight is 375 g/mol. The van der Waals surface area contributed by atoms with Crippen LogP contribution in [0.2, 0.25) is 10.0 Å². The summed E-state index contributed by atoms with van der Waals surface area (Å²) in [4.78, 5) is 11.9. The number of amides is 2. The maximum Gasteiger partial charge on any atom is 0.319 e. The number of urea groups is 1. The van der Waals surface area contributed by atoms with Crippen LogP contribution in [0.5, 0.6) is 0 Å². The number of carbonyl (C=O) groups is 1. The molecule has 2 amide bonds. The Morgan fingerprint density at radius 2 is 1.88 bits per heavy atom. The number of anilines is 1. The summed E-state index contributed by atoms with van der Waals surface area (Å²) in [7, 11) is 0. The standard InChI is InChI=1S/C18H16Cl2N4O/c19-13-6-7-17(16(20)12-13)22-18(25)21-10-8-14-9-11-24(23-14)15-4-2-1-3-5-15/h1-7,9,11-12H,8,10H2,(H2,21,22,25). The van der Waals surface area contributed by atoms with Gasteiger partial charge in [0.25, 0.3) is 0 Å². The first-order valence-corrected chi connectivity index (χ1v) is 8.47. The molecule has 25 heavy (non-hydrogen) atoms. The molecule has 2 N–H and O–H groups in total. The lowest BCUT2D eigenvalue weighted by Crippen LogP contribution is -2.30. The van der Waals surface area contributed by atoms with Crippen molar-refractivity contribution in [3.8, 4) is 5.69 Å². The minimum Gasteiger partial charge on any atom is -0.337 e. The molecule has 2 aromatic carbocycles. The van der Waals surface area contributed by atoms with Gasteiger partial charge in [0.05, 0.1) is 22.1 Å². The van der Waals surface area contributed by atoms with E-state index in [1.165, 1.54) is 0 Å². The van der Waals surface area contributed by atoms with Crippen molar-refractivity contribution in [1.29, 1.82) is 0 Å². The van der Waals surface area contributed by atoms with Crippen LogP contribution in [0, 0.1) is 0 Å². The molecule has 7 heteroatoms. The number of benzene rings is 2. The SMILES string of the molecule is O=C(NCCc1ccn(-c2ccccc2)n1)Nc1ccc(Cl)cc1Cl. The Morgan fingerprint density at radius 1 is 1.08 bits per heavy atom. The van der Waals surface area contributed by atoms with Crippen molar-refractivity contribution in [1.82, 2.24) is 15.1 Å². The van der Waals surface area contributed by atoms with Crippen molar-refractivity contribution < 1.29 is 4.79 Å². The molecule has 0 fully saturated rings. The second-order valence-electron chi connectivity index (χ2n) is 5.34. The Bertz CT molecular complexity index is 865. The Hall–Kier alpha value is -2.50. The third-order valence-electron chi connectivity index (χ3n) is 3.51. The molecule has 0 unspecified atom stereocenters. The topological polar surface area (TPSA) is 59.0 Å². The van der Waals surface area contributed by atoms with Crippen LogP contribution in [0.25, 0.3) is 5.69 Å². The second-order valence-corrected chi connectivity index (χ2v) is 6.19. The first-order chi connectivity index (χ1) is 12.1. The summed E-state index contributed by atoms with van der Waals surface area (Å²) < 4.78 is 1.81. The first-order valence-electron chi connectivity index (χ1n) is 7.72. The van der Waals surface area contributed by atoms with Gasteiger partial charge in [0.2, 0.25) is 0 Å². The number of carbonyl (C=O) groups excluding carboxylic acids is 1. The zero-order valence-electron chi connectivity index (χ0n) is 13.2. The first kappa shape index (κ1) is 17.3. The fraction of sp³-hybridized carbons (Fsp3) is 0.111. The lowest BCUT2D eigenvalue weighted by Gasteiger charge is -2.08. The van der Waals surface area contributed by atoms with E-state index < -0.39 is 0 Å². The fourth-order valence-corrected chi connectivity index (χ4v) is 2.74. The predicted octanol–water partition coefficient (Wildman–Crippen LogP) is 4.54. The normalized spacial score (nSPS) is 10.5. The highest BCUT2D eigenvalue weighted by atomic mass is 35.5. The van der Waals surface area contributed by atoms with Gasteiger partial charge in [-0.15, -0.1) is 0 Å². The molecular formula is C18H16Cl2N4O. The molecule has 3 aromatic rings. The van der Waals surface area contributed by atoms with Gasteiger partial charge >= 0.3 is 6.03 Å². The van der Waals surface area contributed by atoms with Crippen molar-refractivity contribution in [2.24, 2.45) is 0 Å². The number of hydrogen-bond acceptors (Lipinski definition) is 2. The number of aromatic nitrogens is 2. The maximum absolute atomic E-state index is 11.9. The molecular weight excluding hydrogens is 359 g/mol. The van der Waals surface area contributed by atoms with Gasteiger partial charge in [-0.2, -0.15) is 5.10 Å². The van der Waals surface area contributed by atoms with Gasteiger partial charge in [-0.3, -0.25) is 0 Å². The molecule has 0 atom stereocenters. The summed E-state index contributed by atoms with van der Waals surface area (Å²) in [6.45, 7) is 0.461. The Morgan fingerprint density at radius 3 is 2.64 bits per heavy atom. The van der Waals surface area contributed by atoms with Crippen LogP contribution >= 0.6 is 23.2 Å². The summed E-state index contributed by atoms with van der Waals surface area (Å²) in [5.41, 5.74) is 2.41. The van der Waals surface area contributed by atoms with Crippen molar-refractivity contribution >= 4 is 34.9 Å². The molecule has 5 nitrogen and oxygen atoms in total. The number of para-hydroxylation sites is 1. The molecule has 0 aliphatic rings. The van der Waals surface area contributed by atoms with Gasteiger partial charge in [0.15, 0.2) is 0 Å². The summed E-state index contributed by atoms with van der Waals surface area (Å²) in [6, 6.07) is 16.4. The minimum atomic E-state index is -0.327. The number of rotatable bonds is 5. The third kappa shape index (κ3) is 4.75. The molecule has 1 aromatic heterocycles. The molecule has 1 heterocycles. The molecule has 0 saturated carbocycles. The van der Waals surface area contributed by atoms with Gasteiger partial charge in [-0.05, 0) is 36.4 Å². The monoisotopic (exact) mass is 374 g/mol. The van der Waals surface area contributed by atoms with Crippen LogP contribution in [0.3, 0.4) is 0 Å². The van der Waals surface area contributed by atoms with E-state index in [2.05, 4.69) is 15.7 Å². The van der Waals surface area contributed by atoms with Crippen molar-refractivity contribution in [2.75, 3.05) is 11.9 Å². The lowest BCUT2D eigenvalue weighted by atomic mass is 10.3. The quantitative estimate of drug-likeness (QED) is 0.688. The maximum atomic E-state index is 11.9. The second kappa shape index (κ2) is 8.05. The van der Waals surface area contributed by atoms with Crippen LogP contribution in [0.4, 0.5) is 10.5 Å². The summed E-state index contributed by atoms with van der Waals surface area (Å²) >= 11 is 11.9. The largest absolute Gasteiger partial charge is 0.337 e. The van der Waals surface area contributed by atoms with Crippen LogP contribution in [-0.2, 0) is 6.42 Å². The molecule has 0 aliphatic heterocycles. The van der Waals surface area contributed by atoms with E-state index in [-0.39, 0.29) is 6.03 Å². The summed E-state index contributed by atoms with van der Waals surface area (Å²) in [5, 5.41) is 10.9. The number of halogens is 2. The van der Waals surface area contributed by atoms with E-state index in [0.717, 1.165) is 11.4 Å². The van der Waals surface area contributed by atoms with Crippen molar-refractivity contribution in [3.63, 3.8) is 0 Å². The molecule has 0 radical (unpaired) electrons. The summed E-state index contributed by atoms with van der Waals surface area (Å²) in [5.74, 6) is 0. The summed E-state index contributed by atoms with van der Waals surface area (Å²) in [6.07, 6.45) is 2.53. The van der Waals surface area contributed by atoms with E-state index in [1.54, 1.807) is 18.2 Å². The Labute approximate surface area is 155 Å². The van der Waals surface area contributed by atoms with Gasteiger partial charge < -0.3 is 10.6 Å². The van der Waals surface area contributed by atoms with Gasteiger partial charge in [-0.25, -0.2) is 9.48 Å². The highest BCUT2D eigenvalue weighted by molar-refractivity contribution is 6.36. The van der Waals surface area contributed by atoms with Gasteiger partial charge in [0.1, 0.15) is 0 Å². The number of nitrogens with zero attached hydrogens (tertiary/aromatic N) is 2. The average Bonchev–Trinajstić information content (AvgIpc) is 3.07. The number of nitrogens with one attached hydrogen (secondary N) is 2. The van der Waals surface area contributed by atoms with Crippen LogP contribution in [-0.4, -0.2) is 22.4 Å². The zero-order chi connectivity index (χ0) is 17.6. The van der Waals surface area contributed by atoms with E-state index in [1.807, 2.05) is 47.3 Å². The van der Waals surface area contributed by atoms with Crippen LogP contribution in [0.15, 0.2) is 60.8 Å². The van der Waals surface area contributed by atoms with Crippen LogP contribution < -0.4 is 10.6 Å². The van der Waals surface area contributed by atoms with Crippen molar-refractivity contribution in [2.45, 2.75) is 6.42 Å². The minimum absolute atomic E-state index is 0.327. The van der Waals surface area contributed by atoms with Gasteiger partial charge in [0, 0.05) is 24.2 Å². The smallest absolute Gasteiger partial charge is 0.319 e. The number of hydrogen-bond donors (Lipinski definition) is 2. The van der Waals surface area contributed by atoms with Gasteiger partial charge in [-0.1, -0.05) is 41.4 Å². The van der Waals surface area contributed by atoms with E-state index in [9.17, 15) is 4.79 Å². The molecule has 0 spiro atoms. The van der Waals surface area contributed by atoms with Crippen molar-refractivity contribution in [3.05, 3.63) is 76.5 Å². The van der Waals surface area contributed by atoms with E-state index in [0.29, 0.717) is 28.7 Å².